The average Bonchev–Trinajstić information content (AvgIpc) is 3.13. The Morgan fingerprint density at radius 3 is 2.00 bits per heavy atom. The third kappa shape index (κ3) is 14.3. The zero-order valence-electron chi connectivity index (χ0n) is 15.6. The molecule has 4 aromatic rings. The molecule has 4 nitrogen and oxygen atoms in total. The summed E-state index contributed by atoms with van der Waals surface area (Å²) in [7, 11) is 0. The molecule has 32 heavy (non-hydrogen) atoms. The van der Waals surface area contributed by atoms with Crippen LogP contribution in [0.1, 0.15) is 16.3 Å². The fraction of sp³-hybridized carbons (Fsp3) is 0.250. The molecule has 0 aliphatic carbocycles. The van der Waals surface area contributed by atoms with Gasteiger partial charge in [0.2, 0.25) is 0 Å². The number of nitrogens with zero attached hydrogens (tertiary/aromatic N) is 3. The van der Waals surface area contributed by atoms with Crippen LogP contribution in [0.5, 0.6) is 0 Å². The first kappa shape index (κ1) is 35.0. The molecule has 4 heterocycles. The summed E-state index contributed by atoms with van der Waals surface area (Å²) in [6.07, 6.45) is 3.34. The molecule has 0 radical (unpaired) electrons. The zero-order valence-corrected chi connectivity index (χ0v) is 24.6. The van der Waals surface area contributed by atoms with Gasteiger partial charge >= 0.3 is 37.5 Å². The Labute approximate surface area is 248 Å². The summed E-state index contributed by atoms with van der Waals surface area (Å²) in [6, 6.07) is 7.46. The minimum Gasteiger partial charge on any atom is -1.00 e. The molecule has 0 aliphatic rings. The first-order valence-electron chi connectivity index (χ1n) is 7.07. The Hall–Kier alpha value is 0.810. The molecule has 0 amide bonds. The zero-order chi connectivity index (χ0) is 21.7. The van der Waals surface area contributed by atoms with E-state index >= 15 is 0 Å². The van der Waals surface area contributed by atoms with Gasteiger partial charge in [-0.3, -0.25) is 0 Å². The summed E-state index contributed by atoms with van der Waals surface area (Å²) in [5.41, 5.74) is 1.40. The molecule has 174 valence electrons. The maximum atomic E-state index is 12.6. The third-order valence-corrected chi connectivity index (χ3v) is 6.02. The second kappa shape index (κ2) is 15.7. The maximum Gasteiger partial charge on any atom is 1.00 e. The fourth-order valence-corrected chi connectivity index (χ4v) is 5.26. The van der Waals surface area contributed by atoms with Crippen molar-refractivity contribution in [1.82, 2.24) is 19.9 Å². The largest absolute Gasteiger partial charge is 1.00 e. The van der Waals surface area contributed by atoms with E-state index in [1.165, 1.54) is 11.3 Å². The number of rotatable bonds is 2. The van der Waals surface area contributed by atoms with E-state index in [4.69, 9.17) is 12.2 Å². The van der Waals surface area contributed by atoms with Crippen LogP contribution in [0.2, 0.25) is 0 Å². The molecular weight excluding hydrogens is 715 g/mol. The van der Waals surface area contributed by atoms with Gasteiger partial charge < -0.3 is 6.41 Å². The fourth-order valence-electron chi connectivity index (χ4n) is 1.68. The summed E-state index contributed by atoms with van der Waals surface area (Å²) in [4.78, 5) is 15.0. The second-order valence-corrected chi connectivity index (χ2v) is 13.3. The van der Waals surface area contributed by atoms with E-state index in [1.54, 1.807) is 35.9 Å². The Kier molecular flexibility index (Phi) is 17.2. The molecule has 4 aromatic heterocycles. The number of pyridine rings is 2. The molecule has 4 rings (SSSR count). The van der Waals surface area contributed by atoms with Crippen molar-refractivity contribution < 1.29 is 48.5 Å². The molecule has 1 N–H and O–H groups in total. The second-order valence-electron chi connectivity index (χ2n) is 4.65. The van der Waals surface area contributed by atoms with Crippen LogP contribution in [0.15, 0.2) is 41.0 Å². The number of aromatic amines is 1. The van der Waals surface area contributed by atoms with Crippen LogP contribution in [0.25, 0.3) is 20.7 Å². The van der Waals surface area contributed by atoms with Crippen molar-refractivity contribution in [1.29, 1.82) is 0 Å². The summed E-state index contributed by atoms with van der Waals surface area (Å²) < 4.78 is 44.0. The quantitative estimate of drug-likeness (QED) is 0.0810. The smallest absolute Gasteiger partial charge is 1.00 e. The van der Waals surface area contributed by atoms with Crippen LogP contribution in [0.3, 0.4) is 0 Å². The van der Waals surface area contributed by atoms with Crippen LogP contribution in [0, 0.1) is 3.95 Å². The number of fused-ring (bicyclic) bond motifs is 2. The summed E-state index contributed by atoms with van der Waals surface area (Å²) >= 11 is 14.2. The van der Waals surface area contributed by atoms with Gasteiger partial charge in [0.05, 0.1) is 9.40 Å². The van der Waals surface area contributed by atoms with Crippen molar-refractivity contribution in [3.05, 3.63) is 40.6 Å². The molecule has 0 atom stereocenters. The normalized spacial score (nSPS) is 10.5. The number of aromatic nitrogens is 4. The third-order valence-electron chi connectivity index (χ3n) is 2.54. The number of thiazole rings is 2. The molecule has 0 spiro atoms. The van der Waals surface area contributed by atoms with Crippen molar-refractivity contribution in [2.75, 3.05) is 0 Å². The summed E-state index contributed by atoms with van der Waals surface area (Å²) in [5, 5.41) is 0. The van der Waals surface area contributed by atoms with Gasteiger partial charge in [0.15, 0.2) is 13.9 Å². The number of thioether (sulfide) groups is 1. The van der Waals surface area contributed by atoms with E-state index in [0.717, 1.165) is 19.0 Å². The number of H-pyrrole nitrogens is 1. The van der Waals surface area contributed by atoms with Crippen molar-refractivity contribution >= 4 is 115 Å². The van der Waals surface area contributed by atoms with Crippen molar-refractivity contribution in [2.24, 2.45) is 0 Å². The minimum absolute atomic E-state index is 0. The molecule has 0 aromatic carbocycles. The van der Waals surface area contributed by atoms with Gasteiger partial charge in [0.25, 0.3) is 0 Å². The molecule has 0 unspecified atom stereocenters. The topological polar surface area (TPSA) is 54.5 Å². The van der Waals surface area contributed by atoms with E-state index in [-0.39, 0.29) is 45.8 Å². The number of halogens is 7. The predicted octanol–water partition coefficient (Wildman–Crippen LogP) is 6.80. The maximum absolute atomic E-state index is 12.6. The van der Waals surface area contributed by atoms with Gasteiger partial charge in [-0.2, -0.15) is 17.6 Å². The molecule has 16 heteroatoms. The van der Waals surface area contributed by atoms with Crippen LogP contribution in [-0.2, 0) is 0 Å². The standard InChI is InChI=1S/C7H3BrF2N2S2.C6H4N2S2.CBr2F2.2CH4.Na.H/c8-7(9,10)14-6-12-5-4(13-6)2-1-3-11-5;9-6-8-5-4(10-6)2-1-3-7-5;2-1(3,4)5;;;;/h1-3H;1-3H,(H,7,8,9);;2*1H4;;/q;;;;;+1;-1. The van der Waals surface area contributed by atoms with Crippen LogP contribution in [0.4, 0.5) is 17.6 Å². The monoisotopic (exact) mass is 728 g/mol. The average molecular weight is 731 g/mol. The van der Waals surface area contributed by atoms with Crippen molar-refractivity contribution in [2.45, 2.75) is 27.1 Å². The van der Waals surface area contributed by atoms with E-state index < -0.39 is 7.90 Å². The van der Waals surface area contributed by atoms with Crippen LogP contribution >= 0.6 is 94.4 Å². The van der Waals surface area contributed by atoms with Gasteiger partial charge in [-0.05, 0) is 48.2 Å². The van der Waals surface area contributed by atoms with Crippen molar-refractivity contribution in [3.8, 4) is 0 Å². The Balaban J connectivity index is -0.000000423. The van der Waals surface area contributed by atoms with E-state index in [9.17, 15) is 17.6 Å². The summed E-state index contributed by atoms with van der Waals surface area (Å²) in [6.45, 7) is 0. The number of nitrogens with one attached hydrogen (secondary N) is 1. The van der Waals surface area contributed by atoms with E-state index in [2.05, 4.69) is 35.9 Å². The van der Waals surface area contributed by atoms with Crippen molar-refractivity contribution in [3.63, 3.8) is 0 Å². The van der Waals surface area contributed by atoms with Gasteiger partial charge in [-0.15, -0.1) is 22.7 Å². The first-order chi connectivity index (χ1) is 13.4. The molecule has 0 aliphatic heterocycles. The summed E-state index contributed by atoms with van der Waals surface area (Å²) in [5.74, 6) is 0. The number of hydrogen-bond donors (Lipinski definition) is 1. The predicted molar refractivity (Wildman–Crippen MR) is 139 cm³/mol. The van der Waals surface area contributed by atoms with Gasteiger partial charge in [-0.25, -0.2) is 15.0 Å². The molecule has 0 fully saturated rings. The molecule has 0 saturated carbocycles. The first-order valence-corrected chi connectivity index (χ1v) is 12.3. The number of alkyl halides is 7. The number of hydrogen-bond acceptors (Lipinski definition) is 7. The van der Waals surface area contributed by atoms with Gasteiger partial charge in [0.1, 0.15) is 5.65 Å². The van der Waals surface area contributed by atoms with Crippen LogP contribution in [-0.4, -0.2) is 27.8 Å². The molecule has 0 saturated heterocycles. The van der Waals surface area contributed by atoms with Gasteiger partial charge in [-0.1, -0.05) is 14.9 Å². The molecular formula is C16H16Br3F4N4NaS4. The van der Waals surface area contributed by atoms with Crippen LogP contribution < -0.4 is 29.6 Å². The van der Waals surface area contributed by atoms with Gasteiger partial charge in [0, 0.05) is 60.2 Å². The minimum atomic E-state index is -2.97. The Bertz CT molecular complexity index is 1060. The Morgan fingerprint density at radius 2 is 1.50 bits per heavy atom. The van der Waals surface area contributed by atoms with E-state index in [1.807, 2.05) is 44.0 Å². The SMILES string of the molecule is C.C.FC(F)(Br)Br.FC(F)(Br)Sc1nc2ncccc2s1.S=c1[nH]c2ncccc2s1.[H-].[Na+]. The Morgan fingerprint density at radius 1 is 0.969 bits per heavy atom. The van der Waals surface area contributed by atoms with E-state index in [0.29, 0.717) is 21.7 Å². The molecule has 0 bridgehead atoms.